The standard InChI is InChI=1S/C20H13FN6O/c21-13-4-1-11(2-5-13)18-25-17-15(7-8-22-19(17)26-18)20(28)24-14-6-3-12-10-23-27-16(12)9-14/h1-10H,(H,23,27)(H,24,28)(H,22,25,26). The van der Waals surface area contributed by atoms with Gasteiger partial charge in [-0.2, -0.15) is 5.10 Å². The largest absolute Gasteiger partial charge is 0.336 e. The quantitative estimate of drug-likeness (QED) is 0.447. The fourth-order valence-corrected chi connectivity index (χ4v) is 3.06. The van der Waals surface area contributed by atoms with Gasteiger partial charge in [0.25, 0.3) is 5.91 Å². The van der Waals surface area contributed by atoms with E-state index in [1.54, 1.807) is 24.4 Å². The Morgan fingerprint density at radius 2 is 1.93 bits per heavy atom. The number of rotatable bonds is 3. The number of hydrogen-bond acceptors (Lipinski definition) is 4. The summed E-state index contributed by atoms with van der Waals surface area (Å²) in [7, 11) is 0. The number of carbonyl (C=O) groups excluding carboxylic acids is 1. The number of carbonyl (C=O) groups is 1. The summed E-state index contributed by atoms with van der Waals surface area (Å²) < 4.78 is 13.2. The van der Waals surface area contributed by atoms with Crippen LogP contribution in [0.3, 0.4) is 0 Å². The van der Waals surface area contributed by atoms with Crippen molar-refractivity contribution in [2.45, 2.75) is 0 Å². The topological polar surface area (TPSA) is 99.3 Å². The third kappa shape index (κ3) is 2.77. The van der Waals surface area contributed by atoms with E-state index >= 15 is 0 Å². The van der Waals surface area contributed by atoms with Crippen LogP contribution in [0.1, 0.15) is 10.4 Å². The van der Waals surface area contributed by atoms with Gasteiger partial charge in [0.15, 0.2) is 5.65 Å². The lowest BCUT2D eigenvalue weighted by atomic mass is 10.2. The van der Waals surface area contributed by atoms with Gasteiger partial charge >= 0.3 is 0 Å². The second kappa shape index (κ2) is 6.27. The SMILES string of the molecule is O=C(Nc1ccc2cn[nH]c2c1)c1ccnc2nc(-c3ccc(F)cc3)[nH]c12. The summed E-state index contributed by atoms with van der Waals surface area (Å²) in [5.41, 5.74) is 3.52. The van der Waals surface area contributed by atoms with Gasteiger partial charge in [0.2, 0.25) is 0 Å². The van der Waals surface area contributed by atoms with Crippen LogP contribution in [0.5, 0.6) is 0 Å². The number of fused-ring (bicyclic) bond motifs is 2. The molecule has 3 N–H and O–H groups in total. The zero-order valence-electron chi connectivity index (χ0n) is 14.4. The van der Waals surface area contributed by atoms with Crippen LogP contribution < -0.4 is 5.32 Å². The van der Waals surface area contributed by atoms with Gasteiger partial charge < -0.3 is 10.3 Å². The molecular formula is C20H13FN6O. The fourth-order valence-electron chi connectivity index (χ4n) is 3.06. The molecule has 8 heteroatoms. The number of nitrogens with zero attached hydrogens (tertiary/aromatic N) is 3. The number of halogens is 1. The average molecular weight is 372 g/mol. The van der Waals surface area contributed by atoms with Gasteiger partial charge in [0.1, 0.15) is 11.6 Å². The van der Waals surface area contributed by atoms with Gasteiger partial charge in [0.05, 0.1) is 22.8 Å². The van der Waals surface area contributed by atoms with Gasteiger partial charge in [-0.15, -0.1) is 0 Å². The summed E-state index contributed by atoms with van der Waals surface area (Å²) in [4.78, 5) is 24.6. The molecule has 3 aromatic heterocycles. The minimum Gasteiger partial charge on any atom is -0.336 e. The van der Waals surface area contributed by atoms with Crippen LogP contribution in [0.15, 0.2) is 60.9 Å². The number of amides is 1. The van der Waals surface area contributed by atoms with Crippen LogP contribution in [-0.2, 0) is 0 Å². The van der Waals surface area contributed by atoms with Crippen molar-refractivity contribution in [1.82, 2.24) is 25.1 Å². The summed E-state index contributed by atoms with van der Waals surface area (Å²) in [6.07, 6.45) is 3.25. The lowest BCUT2D eigenvalue weighted by Gasteiger charge is -2.06. The van der Waals surface area contributed by atoms with Gasteiger partial charge in [-0.25, -0.2) is 14.4 Å². The van der Waals surface area contributed by atoms with E-state index in [4.69, 9.17) is 0 Å². The molecule has 3 heterocycles. The summed E-state index contributed by atoms with van der Waals surface area (Å²) in [5.74, 6) is -0.102. The summed E-state index contributed by atoms with van der Waals surface area (Å²) in [5, 5.41) is 10.7. The minimum absolute atomic E-state index is 0.291. The third-order valence-corrected chi connectivity index (χ3v) is 4.45. The maximum Gasteiger partial charge on any atom is 0.257 e. The van der Waals surface area contributed by atoms with Crippen LogP contribution in [0.2, 0.25) is 0 Å². The first-order chi connectivity index (χ1) is 13.7. The van der Waals surface area contributed by atoms with Crippen molar-refractivity contribution in [1.29, 1.82) is 0 Å². The Balaban J connectivity index is 1.50. The predicted molar refractivity (Wildman–Crippen MR) is 103 cm³/mol. The van der Waals surface area contributed by atoms with Crippen LogP contribution in [0.4, 0.5) is 10.1 Å². The first-order valence-electron chi connectivity index (χ1n) is 8.52. The molecule has 0 unspecified atom stereocenters. The maximum atomic E-state index is 13.2. The number of hydrogen-bond donors (Lipinski definition) is 3. The number of H-pyrrole nitrogens is 2. The van der Waals surface area contributed by atoms with Crippen molar-refractivity contribution >= 4 is 33.7 Å². The van der Waals surface area contributed by atoms with Crippen molar-refractivity contribution in [3.05, 3.63) is 72.3 Å². The van der Waals surface area contributed by atoms with Crippen molar-refractivity contribution in [2.75, 3.05) is 5.32 Å². The van der Waals surface area contributed by atoms with E-state index in [0.29, 0.717) is 33.8 Å². The molecule has 2 aromatic carbocycles. The Morgan fingerprint density at radius 3 is 2.79 bits per heavy atom. The highest BCUT2D eigenvalue weighted by Crippen LogP contribution is 2.23. The van der Waals surface area contributed by atoms with Gasteiger partial charge in [-0.1, -0.05) is 0 Å². The Morgan fingerprint density at radius 1 is 1.07 bits per heavy atom. The molecule has 0 spiro atoms. The highest BCUT2D eigenvalue weighted by molar-refractivity contribution is 6.11. The van der Waals surface area contributed by atoms with E-state index in [2.05, 4.69) is 30.5 Å². The monoisotopic (exact) mass is 372 g/mol. The number of pyridine rings is 1. The number of anilines is 1. The molecule has 0 aliphatic rings. The van der Waals surface area contributed by atoms with Crippen LogP contribution >= 0.6 is 0 Å². The van der Waals surface area contributed by atoms with E-state index in [1.807, 2.05) is 18.2 Å². The van der Waals surface area contributed by atoms with Crippen molar-refractivity contribution in [3.8, 4) is 11.4 Å². The van der Waals surface area contributed by atoms with Crippen LogP contribution in [-0.4, -0.2) is 31.1 Å². The molecule has 136 valence electrons. The van der Waals surface area contributed by atoms with Crippen molar-refractivity contribution in [2.24, 2.45) is 0 Å². The first kappa shape index (κ1) is 16.1. The molecule has 5 rings (SSSR count). The number of aromatic amines is 2. The zero-order chi connectivity index (χ0) is 19.1. The van der Waals surface area contributed by atoms with Gasteiger partial charge in [-0.3, -0.25) is 9.89 Å². The molecule has 28 heavy (non-hydrogen) atoms. The maximum absolute atomic E-state index is 13.2. The van der Waals surface area contributed by atoms with E-state index in [-0.39, 0.29) is 11.7 Å². The fraction of sp³-hybridized carbons (Fsp3) is 0. The number of aromatic nitrogens is 5. The second-order valence-corrected chi connectivity index (χ2v) is 6.28. The summed E-state index contributed by atoms with van der Waals surface area (Å²) >= 11 is 0. The van der Waals surface area contributed by atoms with Crippen LogP contribution in [0, 0.1) is 5.82 Å². The zero-order valence-corrected chi connectivity index (χ0v) is 14.4. The van der Waals surface area contributed by atoms with E-state index in [9.17, 15) is 9.18 Å². The van der Waals surface area contributed by atoms with E-state index in [0.717, 1.165) is 10.9 Å². The Kier molecular flexibility index (Phi) is 3.61. The lowest BCUT2D eigenvalue weighted by molar-refractivity contribution is 0.102. The normalized spacial score (nSPS) is 11.2. The smallest absolute Gasteiger partial charge is 0.257 e. The van der Waals surface area contributed by atoms with Crippen LogP contribution in [0.25, 0.3) is 33.5 Å². The Bertz CT molecular complexity index is 1320. The van der Waals surface area contributed by atoms with Gasteiger partial charge in [-0.05, 0) is 48.5 Å². The predicted octanol–water partition coefficient (Wildman–Crippen LogP) is 3.89. The molecule has 0 fully saturated rings. The second-order valence-electron chi connectivity index (χ2n) is 6.28. The summed E-state index contributed by atoms with van der Waals surface area (Å²) in [6.45, 7) is 0. The molecule has 0 bridgehead atoms. The molecule has 5 aromatic rings. The Hall–Kier alpha value is -4.07. The lowest BCUT2D eigenvalue weighted by Crippen LogP contribution is -2.12. The molecule has 0 saturated carbocycles. The first-order valence-corrected chi connectivity index (χ1v) is 8.52. The molecular weight excluding hydrogens is 359 g/mol. The molecule has 0 radical (unpaired) electrons. The molecule has 0 saturated heterocycles. The molecule has 0 aliphatic heterocycles. The molecule has 0 atom stereocenters. The molecule has 7 nitrogen and oxygen atoms in total. The molecule has 0 aliphatic carbocycles. The minimum atomic E-state index is -0.327. The number of nitrogens with one attached hydrogen (secondary N) is 3. The van der Waals surface area contributed by atoms with E-state index in [1.165, 1.54) is 18.3 Å². The van der Waals surface area contributed by atoms with Crippen molar-refractivity contribution in [3.63, 3.8) is 0 Å². The molecule has 1 amide bonds. The highest BCUT2D eigenvalue weighted by atomic mass is 19.1. The van der Waals surface area contributed by atoms with Crippen molar-refractivity contribution < 1.29 is 9.18 Å². The van der Waals surface area contributed by atoms with E-state index < -0.39 is 0 Å². The van der Waals surface area contributed by atoms with Gasteiger partial charge in [0, 0.05) is 22.8 Å². The number of imidazole rings is 1. The highest BCUT2D eigenvalue weighted by Gasteiger charge is 2.15. The Labute approximate surface area is 157 Å². The summed E-state index contributed by atoms with van der Waals surface area (Å²) in [6, 6.07) is 13.1. The third-order valence-electron chi connectivity index (χ3n) is 4.45. The number of benzene rings is 2. The average Bonchev–Trinajstić information content (AvgIpc) is 3.34.